The summed E-state index contributed by atoms with van der Waals surface area (Å²) in [5.74, 6) is 0.669. The minimum absolute atomic E-state index is 0.000544. The molecule has 0 bridgehead atoms. The van der Waals surface area contributed by atoms with Crippen LogP contribution in [-0.2, 0) is 25.8 Å². The van der Waals surface area contributed by atoms with Crippen LogP contribution in [0, 0.1) is 6.92 Å². The van der Waals surface area contributed by atoms with Crippen molar-refractivity contribution in [1.82, 2.24) is 14.5 Å². The molecular formula is C20H22N4O2S2. The minimum atomic E-state index is -0.189. The first kappa shape index (κ1) is 18.0. The van der Waals surface area contributed by atoms with Gasteiger partial charge in [0.25, 0.3) is 11.5 Å². The summed E-state index contributed by atoms with van der Waals surface area (Å²) in [6.07, 6.45) is 8.43. The molecule has 2 aliphatic rings. The molecule has 8 heteroatoms. The van der Waals surface area contributed by atoms with Crippen LogP contribution in [0.1, 0.15) is 63.7 Å². The second-order valence-electron chi connectivity index (χ2n) is 7.58. The lowest BCUT2D eigenvalue weighted by Crippen LogP contribution is -2.24. The second kappa shape index (κ2) is 7.08. The molecule has 28 heavy (non-hydrogen) atoms. The van der Waals surface area contributed by atoms with Crippen molar-refractivity contribution in [3.63, 3.8) is 0 Å². The zero-order chi connectivity index (χ0) is 19.3. The second-order valence-corrected chi connectivity index (χ2v) is 9.66. The Bertz CT molecular complexity index is 1120. The van der Waals surface area contributed by atoms with Gasteiger partial charge in [0.2, 0.25) is 0 Å². The molecule has 0 atom stereocenters. The largest absolute Gasteiger partial charge is 0.297 e. The molecule has 6 nitrogen and oxygen atoms in total. The van der Waals surface area contributed by atoms with E-state index in [-0.39, 0.29) is 11.5 Å². The third-order valence-electron chi connectivity index (χ3n) is 5.68. The molecule has 0 fully saturated rings. The summed E-state index contributed by atoms with van der Waals surface area (Å²) in [6, 6.07) is 0. The summed E-state index contributed by atoms with van der Waals surface area (Å²) < 4.78 is 1.81. The molecule has 1 aliphatic carbocycles. The summed E-state index contributed by atoms with van der Waals surface area (Å²) in [5.41, 5.74) is 1.86. The molecule has 3 aromatic rings. The van der Waals surface area contributed by atoms with Gasteiger partial charge < -0.3 is 0 Å². The fourth-order valence-corrected chi connectivity index (χ4v) is 6.32. The number of rotatable bonds is 2. The molecule has 3 aromatic heterocycles. The average molecular weight is 415 g/mol. The first-order valence-corrected chi connectivity index (χ1v) is 11.6. The first-order valence-electron chi connectivity index (χ1n) is 9.94. The molecular weight excluding hydrogens is 392 g/mol. The molecule has 0 unspecified atom stereocenters. The molecule has 0 aromatic carbocycles. The fraction of sp³-hybridized carbons (Fsp3) is 0.500. The van der Waals surface area contributed by atoms with Gasteiger partial charge in [-0.25, -0.2) is 9.97 Å². The van der Waals surface area contributed by atoms with Gasteiger partial charge in [-0.15, -0.1) is 22.7 Å². The van der Waals surface area contributed by atoms with E-state index in [1.807, 2.05) is 11.5 Å². The van der Waals surface area contributed by atoms with Gasteiger partial charge in [0, 0.05) is 17.8 Å². The van der Waals surface area contributed by atoms with Crippen LogP contribution >= 0.6 is 22.7 Å². The number of nitrogens with zero attached hydrogens (tertiary/aromatic N) is 3. The van der Waals surface area contributed by atoms with Crippen molar-refractivity contribution in [3.8, 4) is 0 Å². The van der Waals surface area contributed by atoms with Crippen LogP contribution in [0.4, 0.5) is 5.13 Å². The van der Waals surface area contributed by atoms with Crippen LogP contribution in [0.3, 0.4) is 0 Å². The number of thiazole rings is 1. The Kier molecular flexibility index (Phi) is 4.55. The molecule has 0 radical (unpaired) electrons. The average Bonchev–Trinajstić information content (AvgIpc) is 3.13. The van der Waals surface area contributed by atoms with Crippen LogP contribution in [0.5, 0.6) is 0 Å². The van der Waals surface area contributed by atoms with Crippen LogP contribution < -0.4 is 10.9 Å². The van der Waals surface area contributed by atoms with Crippen molar-refractivity contribution in [1.29, 1.82) is 0 Å². The van der Waals surface area contributed by atoms with Crippen molar-refractivity contribution in [3.05, 3.63) is 37.2 Å². The third-order valence-corrected chi connectivity index (χ3v) is 7.94. The summed E-state index contributed by atoms with van der Waals surface area (Å²) in [7, 11) is 0. The number of fused-ring (bicyclic) bond motifs is 3. The van der Waals surface area contributed by atoms with E-state index in [0.717, 1.165) is 62.2 Å². The zero-order valence-electron chi connectivity index (χ0n) is 15.8. The molecule has 0 saturated carbocycles. The van der Waals surface area contributed by atoms with Gasteiger partial charge in [-0.2, -0.15) is 0 Å². The SMILES string of the molecule is Cc1c(C(=O)Nc2nc3c(s2)CCCC3)sc2nc3n(c(=O)c12)CCCCC3. The number of hydrogen-bond acceptors (Lipinski definition) is 6. The number of hydrogen-bond donors (Lipinski definition) is 1. The molecule has 4 heterocycles. The molecule has 1 amide bonds. The Hall–Kier alpha value is -2.06. The summed E-state index contributed by atoms with van der Waals surface area (Å²) in [5, 5.41) is 4.22. The predicted molar refractivity (Wildman–Crippen MR) is 113 cm³/mol. The number of anilines is 1. The maximum absolute atomic E-state index is 13.1. The van der Waals surface area contributed by atoms with Crippen molar-refractivity contribution in [2.45, 2.75) is 64.8 Å². The molecule has 5 rings (SSSR count). The molecule has 1 aliphatic heterocycles. The zero-order valence-corrected chi connectivity index (χ0v) is 17.5. The Morgan fingerprint density at radius 1 is 1.04 bits per heavy atom. The maximum atomic E-state index is 13.1. The molecule has 0 saturated heterocycles. The summed E-state index contributed by atoms with van der Waals surface area (Å²) in [6.45, 7) is 2.58. The van der Waals surface area contributed by atoms with Gasteiger partial charge in [0.15, 0.2) is 5.13 Å². The van der Waals surface area contributed by atoms with Crippen molar-refractivity contribution in [2.75, 3.05) is 5.32 Å². The number of thiophene rings is 1. The van der Waals surface area contributed by atoms with E-state index in [2.05, 4.69) is 10.3 Å². The lowest BCUT2D eigenvalue weighted by Gasteiger charge is -2.08. The van der Waals surface area contributed by atoms with Crippen LogP contribution in [-0.4, -0.2) is 20.4 Å². The molecule has 146 valence electrons. The quantitative estimate of drug-likeness (QED) is 0.685. The fourth-order valence-electron chi connectivity index (χ4n) is 4.19. The van der Waals surface area contributed by atoms with Crippen molar-refractivity contribution >= 4 is 43.9 Å². The Balaban J connectivity index is 1.51. The van der Waals surface area contributed by atoms with E-state index < -0.39 is 0 Å². The molecule has 0 spiro atoms. The van der Waals surface area contributed by atoms with Crippen LogP contribution in [0.25, 0.3) is 10.2 Å². The normalized spacial score (nSPS) is 16.5. The number of aromatic nitrogens is 3. The van der Waals surface area contributed by atoms with E-state index in [9.17, 15) is 9.59 Å². The highest BCUT2D eigenvalue weighted by Gasteiger charge is 2.23. The van der Waals surface area contributed by atoms with Gasteiger partial charge in [0.05, 0.1) is 16.0 Å². The highest BCUT2D eigenvalue weighted by Crippen LogP contribution is 2.32. The van der Waals surface area contributed by atoms with Gasteiger partial charge in [-0.05, 0) is 51.0 Å². The van der Waals surface area contributed by atoms with Crippen LogP contribution in [0.2, 0.25) is 0 Å². The Morgan fingerprint density at radius 2 is 1.86 bits per heavy atom. The van der Waals surface area contributed by atoms with E-state index in [1.54, 1.807) is 11.3 Å². The number of amides is 1. The predicted octanol–water partition coefficient (Wildman–Crippen LogP) is 4.08. The summed E-state index contributed by atoms with van der Waals surface area (Å²) in [4.78, 5) is 37.9. The van der Waals surface area contributed by atoms with E-state index in [1.165, 1.54) is 29.1 Å². The van der Waals surface area contributed by atoms with Crippen LogP contribution in [0.15, 0.2) is 4.79 Å². The Labute approximate surface area is 170 Å². The topological polar surface area (TPSA) is 76.9 Å². The lowest BCUT2D eigenvalue weighted by atomic mass is 10.0. The smallest absolute Gasteiger partial charge is 0.267 e. The minimum Gasteiger partial charge on any atom is -0.297 e. The van der Waals surface area contributed by atoms with E-state index >= 15 is 0 Å². The summed E-state index contributed by atoms with van der Waals surface area (Å²) >= 11 is 2.90. The standard InChI is InChI=1S/C20H22N4O2S2/c1-11-15-18(22-14-9-3-2-6-10-24(14)19(15)26)28-16(11)17(25)23-20-21-12-7-4-5-8-13(12)27-20/h2-10H2,1H3,(H,21,23,25). The highest BCUT2D eigenvalue weighted by atomic mass is 32.1. The Morgan fingerprint density at radius 3 is 2.71 bits per heavy atom. The number of aryl methyl sites for hydroxylation is 4. The number of carbonyl (C=O) groups excluding carboxylic acids is 1. The van der Waals surface area contributed by atoms with Gasteiger partial charge in [-0.1, -0.05) is 6.42 Å². The van der Waals surface area contributed by atoms with Gasteiger partial charge in [-0.3, -0.25) is 19.5 Å². The van der Waals surface area contributed by atoms with E-state index in [4.69, 9.17) is 4.98 Å². The molecule has 1 N–H and O–H groups in total. The third kappa shape index (κ3) is 2.99. The number of nitrogens with one attached hydrogen (secondary N) is 1. The van der Waals surface area contributed by atoms with Crippen molar-refractivity contribution < 1.29 is 4.79 Å². The lowest BCUT2D eigenvalue weighted by molar-refractivity contribution is 0.103. The first-order chi connectivity index (χ1) is 13.6. The number of carbonyl (C=O) groups is 1. The maximum Gasteiger partial charge on any atom is 0.267 e. The van der Waals surface area contributed by atoms with Gasteiger partial charge in [0.1, 0.15) is 10.7 Å². The van der Waals surface area contributed by atoms with Gasteiger partial charge >= 0.3 is 0 Å². The highest BCUT2D eigenvalue weighted by molar-refractivity contribution is 7.21. The monoisotopic (exact) mass is 414 g/mol. The van der Waals surface area contributed by atoms with Crippen molar-refractivity contribution in [2.24, 2.45) is 0 Å². The van der Waals surface area contributed by atoms with E-state index in [0.29, 0.717) is 20.2 Å².